The molecule has 4 nitrogen and oxygen atoms in total. The van der Waals surface area contributed by atoms with Gasteiger partial charge >= 0.3 is 0 Å². The predicted molar refractivity (Wildman–Crippen MR) is 90.9 cm³/mol. The summed E-state index contributed by atoms with van der Waals surface area (Å²) in [5, 5.41) is 15.2. The van der Waals surface area contributed by atoms with Crippen molar-refractivity contribution in [2.75, 3.05) is 5.32 Å². The quantitative estimate of drug-likeness (QED) is 0.462. The van der Waals surface area contributed by atoms with E-state index in [0.29, 0.717) is 10.6 Å². The number of nitrogens with one attached hydrogen (secondary N) is 1. The molecule has 122 valence electrons. The Hall–Kier alpha value is -2.40. The van der Waals surface area contributed by atoms with Crippen LogP contribution in [-0.4, -0.2) is 4.92 Å². The lowest BCUT2D eigenvalue weighted by molar-refractivity contribution is -0.385. The zero-order valence-corrected chi connectivity index (χ0v) is 13.3. The van der Waals surface area contributed by atoms with Crippen LogP contribution in [0.25, 0.3) is 0 Å². The predicted octanol–water partition coefficient (Wildman–Crippen LogP) is 5.21. The summed E-state index contributed by atoms with van der Waals surface area (Å²) in [7, 11) is 0. The lowest BCUT2D eigenvalue weighted by Gasteiger charge is -2.37. The van der Waals surface area contributed by atoms with E-state index in [4.69, 9.17) is 11.6 Å². The SMILES string of the molecule is O=[N+]([O-])c1ccc(F)c2c1C1C=CCC1C(c1ccccc1Cl)N2. The van der Waals surface area contributed by atoms with Crippen molar-refractivity contribution in [3.05, 3.63) is 80.6 Å². The Morgan fingerprint density at radius 3 is 2.79 bits per heavy atom. The molecule has 0 saturated carbocycles. The second-order valence-corrected chi connectivity index (χ2v) is 6.52. The molecule has 0 aromatic heterocycles. The van der Waals surface area contributed by atoms with Gasteiger partial charge in [-0.05, 0) is 30.0 Å². The average molecular weight is 345 g/mol. The highest BCUT2D eigenvalue weighted by atomic mass is 35.5. The number of nitro benzene ring substituents is 1. The number of fused-ring (bicyclic) bond motifs is 3. The molecule has 0 radical (unpaired) electrons. The number of hydrogen-bond donors (Lipinski definition) is 1. The van der Waals surface area contributed by atoms with Gasteiger partial charge in [-0.3, -0.25) is 10.1 Å². The molecule has 1 N–H and O–H groups in total. The summed E-state index contributed by atoms with van der Waals surface area (Å²) in [6.07, 6.45) is 4.71. The molecule has 3 atom stereocenters. The average Bonchev–Trinajstić information content (AvgIpc) is 3.05. The minimum atomic E-state index is -0.480. The van der Waals surface area contributed by atoms with Gasteiger partial charge in [-0.15, -0.1) is 0 Å². The second-order valence-electron chi connectivity index (χ2n) is 6.11. The number of allylic oxidation sites excluding steroid dienone is 2. The Balaban J connectivity index is 1.90. The van der Waals surface area contributed by atoms with Crippen LogP contribution in [-0.2, 0) is 0 Å². The summed E-state index contributed by atoms with van der Waals surface area (Å²) in [5.41, 5.74) is 1.48. The smallest absolute Gasteiger partial charge is 0.275 e. The number of nitrogens with zero attached hydrogens (tertiary/aromatic N) is 1. The Labute approximate surface area is 143 Å². The molecule has 0 bridgehead atoms. The van der Waals surface area contributed by atoms with Gasteiger partial charge in [0.15, 0.2) is 0 Å². The molecule has 3 unspecified atom stereocenters. The van der Waals surface area contributed by atoms with E-state index in [1.54, 1.807) is 6.07 Å². The fourth-order valence-corrected chi connectivity index (χ4v) is 4.10. The van der Waals surface area contributed by atoms with Crippen molar-refractivity contribution >= 4 is 23.0 Å². The van der Waals surface area contributed by atoms with Crippen LogP contribution in [0.1, 0.15) is 29.5 Å². The molecule has 1 aliphatic carbocycles. The topological polar surface area (TPSA) is 55.2 Å². The normalized spacial score (nSPS) is 24.2. The largest absolute Gasteiger partial charge is 0.375 e. The standard InChI is InChI=1S/C18H14ClFN2O2/c19-13-7-2-1-4-12(13)17-11-6-3-5-10(11)16-15(22(23)24)9-8-14(20)18(16)21-17/h1-5,7-11,17,21H,6H2. The van der Waals surface area contributed by atoms with Gasteiger partial charge in [-0.25, -0.2) is 4.39 Å². The van der Waals surface area contributed by atoms with Crippen LogP contribution in [0.3, 0.4) is 0 Å². The first kappa shape index (κ1) is 15.1. The lowest BCUT2D eigenvalue weighted by Crippen LogP contribution is -2.30. The van der Waals surface area contributed by atoms with Crippen LogP contribution in [0.4, 0.5) is 15.8 Å². The Morgan fingerprint density at radius 2 is 2.04 bits per heavy atom. The van der Waals surface area contributed by atoms with E-state index in [1.807, 2.05) is 30.4 Å². The number of rotatable bonds is 2. The van der Waals surface area contributed by atoms with Crippen molar-refractivity contribution in [1.29, 1.82) is 0 Å². The van der Waals surface area contributed by atoms with Crippen molar-refractivity contribution in [3.8, 4) is 0 Å². The fraction of sp³-hybridized carbons (Fsp3) is 0.222. The first-order chi connectivity index (χ1) is 11.6. The van der Waals surface area contributed by atoms with Crippen LogP contribution in [0.2, 0.25) is 5.02 Å². The van der Waals surface area contributed by atoms with Gasteiger partial charge in [0.25, 0.3) is 5.69 Å². The number of nitro groups is 1. The molecule has 0 spiro atoms. The molecular formula is C18H14ClFN2O2. The van der Waals surface area contributed by atoms with Crippen LogP contribution >= 0.6 is 11.6 Å². The van der Waals surface area contributed by atoms with Gasteiger partial charge in [0.1, 0.15) is 5.82 Å². The van der Waals surface area contributed by atoms with Crippen LogP contribution < -0.4 is 5.32 Å². The summed E-state index contributed by atoms with van der Waals surface area (Å²) in [4.78, 5) is 10.9. The minimum Gasteiger partial charge on any atom is -0.375 e. The van der Waals surface area contributed by atoms with Crippen molar-refractivity contribution < 1.29 is 9.31 Å². The maximum Gasteiger partial charge on any atom is 0.275 e. The Morgan fingerprint density at radius 1 is 1.25 bits per heavy atom. The third-order valence-corrected chi connectivity index (χ3v) is 5.23. The summed E-state index contributed by atoms with van der Waals surface area (Å²) in [6.45, 7) is 0. The molecule has 0 fully saturated rings. The zero-order valence-electron chi connectivity index (χ0n) is 12.6. The molecule has 1 aliphatic heterocycles. The van der Waals surface area contributed by atoms with Gasteiger partial charge in [-0.2, -0.15) is 0 Å². The minimum absolute atomic E-state index is 0.0435. The van der Waals surface area contributed by atoms with E-state index in [0.717, 1.165) is 18.1 Å². The second kappa shape index (κ2) is 5.60. The van der Waals surface area contributed by atoms with Crippen LogP contribution in [0.15, 0.2) is 48.6 Å². The van der Waals surface area contributed by atoms with Crippen molar-refractivity contribution in [2.45, 2.75) is 18.4 Å². The van der Waals surface area contributed by atoms with Crippen molar-refractivity contribution in [2.24, 2.45) is 5.92 Å². The van der Waals surface area contributed by atoms with E-state index in [-0.39, 0.29) is 29.3 Å². The highest BCUT2D eigenvalue weighted by molar-refractivity contribution is 6.31. The van der Waals surface area contributed by atoms with Crippen molar-refractivity contribution in [3.63, 3.8) is 0 Å². The maximum atomic E-state index is 14.4. The Bertz CT molecular complexity index is 868. The van der Waals surface area contributed by atoms with E-state index < -0.39 is 10.7 Å². The summed E-state index contributed by atoms with van der Waals surface area (Å²) >= 11 is 6.33. The van der Waals surface area contributed by atoms with E-state index >= 15 is 0 Å². The van der Waals surface area contributed by atoms with E-state index in [2.05, 4.69) is 5.32 Å². The third-order valence-electron chi connectivity index (χ3n) is 4.88. The fourth-order valence-electron chi connectivity index (χ4n) is 3.85. The summed E-state index contributed by atoms with van der Waals surface area (Å²) in [6, 6.07) is 9.65. The molecule has 4 rings (SSSR count). The lowest BCUT2D eigenvalue weighted by atomic mass is 9.76. The zero-order chi connectivity index (χ0) is 16.8. The highest BCUT2D eigenvalue weighted by Crippen LogP contribution is 2.53. The monoisotopic (exact) mass is 344 g/mol. The highest BCUT2D eigenvalue weighted by Gasteiger charge is 2.43. The molecule has 2 aliphatic rings. The molecule has 6 heteroatoms. The van der Waals surface area contributed by atoms with Gasteiger partial charge in [-0.1, -0.05) is 42.0 Å². The van der Waals surface area contributed by atoms with E-state index in [9.17, 15) is 14.5 Å². The van der Waals surface area contributed by atoms with Gasteiger partial charge in [0, 0.05) is 17.0 Å². The first-order valence-corrected chi connectivity index (χ1v) is 8.10. The molecule has 24 heavy (non-hydrogen) atoms. The van der Waals surface area contributed by atoms with Gasteiger partial charge in [0.2, 0.25) is 0 Å². The Kier molecular flexibility index (Phi) is 3.53. The van der Waals surface area contributed by atoms with Crippen LogP contribution in [0, 0.1) is 21.8 Å². The van der Waals surface area contributed by atoms with E-state index in [1.165, 1.54) is 6.07 Å². The number of anilines is 1. The summed E-state index contributed by atoms with van der Waals surface area (Å²) in [5.74, 6) is -0.608. The number of hydrogen-bond acceptors (Lipinski definition) is 3. The maximum absolute atomic E-state index is 14.4. The molecule has 0 amide bonds. The number of benzene rings is 2. The third kappa shape index (κ3) is 2.19. The van der Waals surface area contributed by atoms with Crippen molar-refractivity contribution in [1.82, 2.24) is 0 Å². The summed E-state index contributed by atoms with van der Waals surface area (Å²) < 4.78 is 14.4. The molecule has 1 heterocycles. The molecule has 2 aromatic rings. The molecule has 2 aromatic carbocycles. The number of halogens is 2. The molecular weight excluding hydrogens is 331 g/mol. The molecule has 0 saturated heterocycles. The van der Waals surface area contributed by atoms with Gasteiger partial charge in [0.05, 0.1) is 22.2 Å². The first-order valence-electron chi connectivity index (χ1n) is 7.72. The van der Waals surface area contributed by atoms with Crippen LogP contribution in [0.5, 0.6) is 0 Å². The van der Waals surface area contributed by atoms with Gasteiger partial charge < -0.3 is 5.32 Å².